The maximum Gasteiger partial charge on any atom is 0.243 e. The molecule has 0 radical (unpaired) electrons. The Balaban J connectivity index is 1.82. The molecule has 3 aromatic rings. The number of nitrogens with one attached hydrogen (secondary N) is 1. The molecule has 1 amide bonds. The second kappa shape index (κ2) is 9.85. The van der Waals surface area contributed by atoms with Gasteiger partial charge in [-0.3, -0.25) is 4.79 Å². The van der Waals surface area contributed by atoms with Crippen molar-refractivity contribution in [1.29, 1.82) is 0 Å². The van der Waals surface area contributed by atoms with Crippen LogP contribution in [0.25, 0.3) is 0 Å². The average Bonchev–Trinajstić information content (AvgIpc) is 2.74. The minimum Gasteiger partial charge on any atom is -0.325 e. The van der Waals surface area contributed by atoms with Gasteiger partial charge in [0.1, 0.15) is 5.82 Å². The molecule has 3 rings (SSSR count). The minimum atomic E-state index is -4.02. The summed E-state index contributed by atoms with van der Waals surface area (Å²) in [4.78, 5) is 12.6. The van der Waals surface area contributed by atoms with Crippen molar-refractivity contribution in [2.45, 2.75) is 31.2 Å². The van der Waals surface area contributed by atoms with E-state index in [1.54, 1.807) is 36.4 Å². The number of benzene rings is 3. The van der Waals surface area contributed by atoms with E-state index >= 15 is 0 Å². The fourth-order valence-corrected chi connectivity index (χ4v) is 4.47. The maximum atomic E-state index is 13.3. The lowest BCUT2D eigenvalue weighted by molar-refractivity contribution is -0.116. The fourth-order valence-electron chi connectivity index (χ4n) is 3.08. The molecule has 162 valence electrons. The van der Waals surface area contributed by atoms with Crippen LogP contribution in [0.4, 0.5) is 10.1 Å². The molecule has 31 heavy (non-hydrogen) atoms. The lowest BCUT2D eigenvalue weighted by Gasteiger charge is -2.22. The third-order valence-corrected chi connectivity index (χ3v) is 6.64. The Bertz CT molecular complexity index is 1110. The molecule has 0 atom stereocenters. The van der Waals surface area contributed by atoms with Crippen LogP contribution in [0.15, 0.2) is 83.8 Å². The Morgan fingerprint density at radius 3 is 2.13 bits per heavy atom. The number of carbonyl (C=O) groups is 1. The van der Waals surface area contributed by atoms with E-state index < -0.39 is 21.7 Å². The molecular weight excluding hydrogens is 415 g/mol. The number of hydrogen-bond acceptors (Lipinski definition) is 3. The van der Waals surface area contributed by atoms with Crippen LogP contribution >= 0.6 is 0 Å². The van der Waals surface area contributed by atoms with E-state index in [4.69, 9.17) is 0 Å². The van der Waals surface area contributed by atoms with Crippen molar-refractivity contribution in [3.63, 3.8) is 0 Å². The maximum absolute atomic E-state index is 13.3. The van der Waals surface area contributed by atoms with Crippen molar-refractivity contribution >= 4 is 21.6 Å². The Morgan fingerprint density at radius 2 is 1.55 bits per heavy atom. The second-order valence-corrected chi connectivity index (χ2v) is 9.48. The number of carbonyl (C=O) groups excluding carboxylic acids is 1. The van der Waals surface area contributed by atoms with Gasteiger partial charge in [-0.25, -0.2) is 12.8 Å². The Kier molecular flexibility index (Phi) is 7.20. The number of hydrogen-bond donors (Lipinski definition) is 1. The van der Waals surface area contributed by atoms with Gasteiger partial charge in [0.25, 0.3) is 0 Å². The van der Waals surface area contributed by atoms with Gasteiger partial charge in [0.05, 0.1) is 11.4 Å². The van der Waals surface area contributed by atoms with Gasteiger partial charge in [0, 0.05) is 12.2 Å². The van der Waals surface area contributed by atoms with Crippen molar-refractivity contribution in [3.05, 3.63) is 95.8 Å². The van der Waals surface area contributed by atoms with E-state index in [2.05, 4.69) is 19.2 Å². The van der Waals surface area contributed by atoms with Crippen LogP contribution in [-0.2, 0) is 21.4 Å². The fraction of sp³-hybridized carbons (Fsp3) is 0.208. The predicted octanol–water partition coefficient (Wildman–Crippen LogP) is 4.78. The third-order valence-electron chi connectivity index (χ3n) is 4.83. The van der Waals surface area contributed by atoms with E-state index in [0.717, 1.165) is 27.6 Å². The lowest BCUT2D eigenvalue weighted by Crippen LogP contribution is -2.37. The molecule has 5 nitrogen and oxygen atoms in total. The largest absolute Gasteiger partial charge is 0.325 e. The van der Waals surface area contributed by atoms with Gasteiger partial charge in [-0.05, 0) is 53.4 Å². The zero-order valence-electron chi connectivity index (χ0n) is 17.5. The molecule has 7 heteroatoms. The molecule has 1 N–H and O–H groups in total. The van der Waals surface area contributed by atoms with E-state index in [1.807, 2.05) is 18.2 Å². The third kappa shape index (κ3) is 5.99. The Morgan fingerprint density at radius 1 is 0.935 bits per heavy atom. The van der Waals surface area contributed by atoms with Crippen LogP contribution in [0.3, 0.4) is 0 Å². The summed E-state index contributed by atoms with van der Waals surface area (Å²) in [6.45, 7) is 3.80. The molecular formula is C24H25FN2O3S. The van der Waals surface area contributed by atoms with Crippen LogP contribution in [0.2, 0.25) is 0 Å². The summed E-state index contributed by atoms with van der Waals surface area (Å²) in [5, 5.41) is 2.75. The summed E-state index contributed by atoms with van der Waals surface area (Å²) < 4.78 is 40.7. The normalized spacial score (nSPS) is 11.6. The molecule has 0 aromatic heterocycles. The molecule has 3 aromatic carbocycles. The Labute approximate surface area is 182 Å². The molecule has 0 fully saturated rings. The van der Waals surface area contributed by atoms with Crippen LogP contribution in [0, 0.1) is 5.82 Å². The van der Waals surface area contributed by atoms with Crippen LogP contribution in [-0.4, -0.2) is 25.2 Å². The summed E-state index contributed by atoms with van der Waals surface area (Å²) in [5.74, 6) is -0.623. The number of nitrogens with zero attached hydrogens (tertiary/aromatic N) is 1. The molecule has 0 spiro atoms. The molecule has 0 heterocycles. The predicted molar refractivity (Wildman–Crippen MR) is 120 cm³/mol. The van der Waals surface area contributed by atoms with Gasteiger partial charge < -0.3 is 5.32 Å². The van der Waals surface area contributed by atoms with Crippen LogP contribution in [0.1, 0.15) is 30.9 Å². The van der Waals surface area contributed by atoms with Gasteiger partial charge in [0.2, 0.25) is 15.9 Å². The Hall–Kier alpha value is -3.03. The monoisotopic (exact) mass is 440 g/mol. The van der Waals surface area contributed by atoms with Crippen LogP contribution < -0.4 is 5.32 Å². The minimum absolute atomic E-state index is 0.0141. The molecule has 0 bridgehead atoms. The SMILES string of the molecule is CC(C)c1ccc(NC(=O)CN(Cc2ccccc2)S(=O)(=O)c2ccc(F)cc2)cc1. The number of rotatable bonds is 8. The molecule has 0 aliphatic rings. The van der Waals surface area contributed by atoms with E-state index in [-0.39, 0.29) is 18.0 Å². The summed E-state index contributed by atoms with van der Waals surface area (Å²) in [6, 6.07) is 21.0. The zero-order chi connectivity index (χ0) is 22.4. The first-order valence-corrected chi connectivity index (χ1v) is 11.4. The highest BCUT2D eigenvalue weighted by Crippen LogP contribution is 2.20. The second-order valence-electron chi connectivity index (χ2n) is 7.54. The topological polar surface area (TPSA) is 66.5 Å². The van der Waals surface area contributed by atoms with Crippen molar-refractivity contribution in [2.24, 2.45) is 0 Å². The van der Waals surface area contributed by atoms with Crippen molar-refractivity contribution < 1.29 is 17.6 Å². The molecule has 0 saturated heterocycles. The van der Waals surface area contributed by atoms with E-state index in [9.17, 15) is 17.6 Å². The zero-order valence-corrected chi connectivity index (χ0v) is 18.3. The number of sulfonamides is 1. The first-order chi connectivity index (χ1) is 14.8. The average molecular weight is 441 g/mol. The molecule has 0 aliphatic carbocycles. The van der Waals surface area contributed by atoms with Crippen LogP contribution in [0.5, 0.6) is 0 Å². The van der Waals surface area contributed by atoms with Gasteiger partial charge in [-0.15, -0.1) is 0 Å². The van der Waals surface area contributed by atoms with Gasteiger partial charge in [-0.1, -0.05) is 56.3 Å². The first kappa shape index (κ1) is 22.7. The highest BCUT2D eigenvalue weighted by Gasteiger charge is 2.27. The number of amides is 1. The van der Waals surface area contributed by atoms with Crippen molar-refractivity contribution in [3.8, 4) is 0 Å². The van der Waals surface area contributed by atoms with E-state index in [1.165, 1.54) is 12.1 Å². The van der Waals surface area contributed by atoms with Crippen molar-refractivity contribution in [2.75, 3.05) is 11.9 Å². The van der Waals surface area contributed by atoms with Gasteiger partial charge in [0.15, 0.2) is 0 Å². The number of halogens is 1. The summed E-state index contributed by atoms with van der Waals surface area (Å²) in [5.41, 5.74) is 2.47. The van der Waals surface area contributed by atoms with Gasteiger partial charge >= 0.3 is 0 Å². The standard InChI is InChI=1S/C24H25FN2O3S/c1-18(2)20-8-12-22(13-9-20)26-24(28)17-27(16-19-6-4-3-5-7-19)31(29,30)23-14-10-21(25)11-15-23/h3-15,18H,16-17H2,1-2H3,(H,26,28). The highest BCUT2D eigenvalue weighted by molar-refractivity contribution is 7.89. The summed E-state index contributed by atoms with van der Waals surface area (Å²) >= 11 is 0. The quantitative estimate of drug-likeness (QED) is 0.548. The molecule has 0 saturated carbocycles. The lowest BCUT2D eigenvalue weighted by atomic mass is 10.0. The molecule has 0 aliphatic heterocycles. The summed E-state index contributed by atoms with van der Waals surface area (Å²) in [7, 11) is -4.02. The summed E-state index contributed by atoms with van der Waals surface area (Å²) in [6.07, 6.45) is 0. The van der Waals surface area contributed by atoms with Gasteiger partial charge in [-0.2, -0.15) is 4.31 Å². The number of anilines is 1. The van der Waals surface area contributed by atoms with Crippen molar-refractivity contribution in [1.82, 2.24) is 4.31 Å². The van der Waals surface area contributed by atoms with E-state index in [0.29, 0.717) is 11.6 Å². The highest BCUT2D eigenvalue weighted by atomic mass is 32.2. The first-order valence-electron chi connectivity index (χ1n) is 9.95. The molecule has 0 unspecified atom stereocenters. The smallest absolute Gasteiger partial charge is 0.243 e.